The fourth-order valence-electron chi connectivity index (χ4n) is 1.90. The molecule has 0 saturated heterocycles. The summed E-state index contributed by atoms with van der Waals surface area (Å²) in [6.45, 7) is 4.69. The molecule has 0 fully saturated rings. The molecule has 1 unspecified atom stereocenters. The van der Waals surface area contributed by atoms with Crippen LogP contribution in [0.3, 0.4) is 0 Å². The minimum Gasteiger partial charge on any atom is -0.494 e. The zero-order chi connectivity index (χ0) is 15.2. The molecule has 112 valence electrons. The van der Waals surface area contributed by atoms with Gasteiger partial charge in [0.05, 0.1) is 6.61 Å². The molecule has 0 saturated carbocycles. The predicted molar refractivity (Wildman–Crippen MR) is 86.4 cm³/mol. The van der Waals surface area contributed by atoms with E-state index in [0.717, 1.165) is 23.5 Å². The summed E-state index contributed by atoms with van der Waals surface area (Å²) < 4.78 is 11.3. The Kier molecular flexibility index (Phi) is 5.48. The molecule has 0 bridgehead atoms. The highest BCUT2D eigenvalue weighted by Crippen LogP contribution is 2.29. The molecule has 0 aliphatic heterocycles. The van der Waals surface area contributed by atoms with Crippen LogP contribution in [-0.4, -0.2) is 6.61 Å². The monoisotopic (exact) mass is 305 g/mol. The van der Waals surface area contributed by atoms with Crippen LogP contribution in [0.4, 0.5) is 0 Å². The van der Waals surface area contributed by atoms with Crippen molar-refractivity contribution in [1.29, 1.82) is 0 Å². The molecule has 3 nitrogen and oxygen atoms in total. The second-order valence-corrected chi connectivity index (χ2v) is 5.30. The first kappa shape index (κ1) is 15.7. The Morgan fingerprint density at radius 1 is 1.05 bits per heavy atom. The summed E-state index contributed by atoms with van der Waals surface area (Å²) in [5, 5.41) is 0.616. The number of ether oxygens (including phenoxy) is 2. The molecular weight excluding hydrogens is 286 g/mol. The van der Waals surface area contributed by atoms with Crippen LogP contribution in [0.2, 0.25) is 5.02 Å². The van der Waals surface area contributed by atoms with Crippen molar-refractivity contribution in [2.75, 3.05) is 6.61 Å². The highest BCUT2D eigenvalue weighted by Gasteiger charge is 2.07. The second-order valence-electron chi connectivity index (χ2n) is 4.89. The van der Waals surface area contributed by atoms with Gasteiger partial charge in [0.2, 0.25) is 0 Å². The van der Waals surface area contributed by atoms with Gasteiger partial charge in [0.1, 0.15) is 17.2 Å². The van der Waals surface area contributed by atoms with Crippen molar-refractivity contribution < 1.29 is 9.47 Å². The van der Waals surface area contributed by atoms with Crippen molar-refractivity contribution in [2.24, 2.45) is 5.73 Å². The Hall–Kier alpha value is -1.71. The molecule has 21 heavy (non-hydrogen) atoms. The molecule has 0 heterocycles. The third-order valence-electron chi connectivity index (χ3n) is 2.99. The number of nitrogens with two attached hydrogens (primary N) is 1. The summed E-state index contributed by atoms with van der Waals surface area (Å²) in [7, 11) is 0. The van der Waals surface area contributed by atoms with Gasteiger partial charge in [0.15, 0.2) is 0 Å². The Balaban J connectivity index is 2.06. The average molecular weight is 306 g/mol. The first-order valence-electron chi connectivity index (χ1n) is 7.06. The van der Waals surface area contributed by atoms with Crippen molar-refractivity contribution in [3.8, 4) is 17.2 Å². The summed E-state index contributed by atoms with van der Waals surface area (Å²) in [4.78, 5) is 0. The third kappa shape index (κ3) is 4.38. The van der Waals surface area contributed by atoms with Gasteiger partial charge in [0, 0.05) is 11.1 Å². The largest absolute Gasteiger partial charge is 0.494 e. The number of benzene rings is 2. The lowest BCUT2D eigenvalue weighted by atomic mass is 10.1. The van der Waals surface area contributed by atoms with Gasteiger partial charge in [0.25, 0.3) is 0 Å². The molecule has 1 atom stereocenters. The Labute approximate surface area is 130 Å². The minimum absolute atomic E-state index is 0.0958. The predicted octanol–water partition coefficient (Wildman–Crippen LogP) is 4.94. The van der Waals surface area contributed by atoms with Gasteiger partial charge in [-0.1, -0.05) is 24.6 Å². The number of hydrogen-bond acceptors (Lipinski definition) is 3. The SMILES string of the molecule is CCCOc1ccc(Oc2ccc(C(C)N)c(Cl)c2)cc1. The summed E-state index contributed by atoms with van der Waals surface area (Å²) >= 11 is 6.19. The molecule has 0 spiro atoms. The number of hydrogen-bond donors (Lipinski definition) is 1. The average Bonchev–Trinajstić information content (AvgIpc) is 2.46. The Bertz CT molecular complexity index is 582. The second kappa shape index (κ2) is 7.34. The van der Waals surface area contributed by atoms with Crippen LogP contribution in [0.1, 0.15) is 31.9 Å². The summed E-state index contributed by atoms with van der Waals surface area (Å²) in [6, 6.07) is 13.0. The zero-order valence-corrected chi connectivity index (χ0v) is 13.1. The summed E-state index contributed by atoms with van der Waals surface area (Å²) in [5.74, 6) is 2.27. The fraction of sp³-hybridized carbons (Fsp3) is 0.294. The highest BCUT2D eigenvalue weighted by atomic mass is 35.5. The van der Waals surface area contributed by atoms with Gasteiger partial charge in [-0.25, -0.2) is 0 Å². The maximum atomic E-state index is 6.19. The highest BCUT2D eigenvalue weighted by molar-refractivity contribution is 6.31. The van der Waals surface area contributed by atoms with E-state index in [0.29, 0.717) is 17.4 Å². The van der Waals surface area contributed by atoms with Crippen molar-refractivity contribution in [3.05, 3.63) is 53.1 Å². The molecule has 0 aliphatic rings. The van der Waals surface area contributed by atoms with Crippen LogP contribution >= 0.6 is 11.6 Å². The fourth-order valence-corrected chi connectivity index (χ4v) is 2.24. The van der Waals surface area contributed by atoms with Crippen molar-refractivity contribution in [2.45, 2.75) is 26.3 Å². The first-order valence-corrected chi connectivity index (χ1v) is 7.43. The lowest BCUT2D eigenvalue weighted by Crippen LogP contribution is -2.05. The summed E-state index contributed by atoms with van der Waals surface area (Å²) in [6.07, 6.45) is 0.989. The van der Waals surface area contributed by atoms with E-state index in [2.05, 4.69) is 6.92 Å². The molecule has 2 aromatic rings. The maximum absolute atomic E-state index is 6.19. The molecule has 0 aliphatic carbocycles. The number of halogens is 1. The van der Waals surface area contributed by atoms with Gasteiger partial charge < -0.3 is 15.2 Å². The quantitative estimate of drug-likeness (QED) is 0.822. The van der Waals surface area contributed by atoms with E-state index in [-0.39, 0.29) is 6.04 Å². The van der Waals surface area contributed by atoms with E-state index in [1.807, 2.05) is 43.3 Å². The molecule has 2 N–H and O–H groups in total. The van der Waals surface area contributed by atoms with Gasteiger partial charge in [-0.05, 0) is 55.3 Å². The zero-order valence-electron chi connectivity index (χ0n) is 12.3. The van der Waals surface area contributed by atoms with E-state index >= 15 is 0 Å². The molecular formula is C17H20ClNO2. The van der Waals surface area contributed by atoms with Crippen molar-refractivity contribution in [3.63, 3.8) is 0 Å². The topological polar surface area (TPSA) is 44.5 Å². The smallest absolute Gasteiger partial charge is 0.128 e. The minimum atomic E-state index is -0.0958. The van der Waals surface area contributed by atoms with Crippen molar-refractivity contribution in [1.82, 2.24) is 0 Å². The van der Waals surface area contributed by atoms with Crippen LogP contribution in [0.15, 0.2) is 42.5 Å². The molecule has 0 amide bonds. The van der Waals surface area contributed by atoms with Gasteiger partial charge in [-0.2, -0.15) is 0 Å². The van der Waals surface area contributed by atoms with E-state index in [9.17, 15) is 0 Å². The Morgan fingerprint density at radius 3 is 2.24 bits per heavy atom. The van der Waals surface area contributed by atoms with Crippen LogP contribution in [0.5, 0.6) is 17.2 Å². The van der Waals surface area contributed by atoms with Crippen molar-refractivity contribution >= 4 is 11.6 Å². The lowest BCUT2D eigenvalue weighted by Gasteiger charge is -2.11. The molecule has 2 aromatic carbocycles. The standard InChI is InChI=1S/C17H20ClNO2/c1-3-10-20-13-4-6-14(7-5-13)21-15-8-9-16(12(2)19)17(18)11-15/h4-9,11-12H,3,10,19H2,1-2H3. The first-order chi connectivity index (χ1) is 10.1. The van der Waals surface area contributed by atoms with Crippen LogP contribution in [0.25, 0.3) is 0 Å². The van der Waals surface area contributed by atoms with Crippen LogP contribution < -0.4 is 15.2 Å². The molecule has 0 radical (unpaired) electrons. The molecule has 2 rings (SSSR count). The normalized spacial score (nSPS) is 12.0. The lowest BCUT2D eigenvalue weighted by molar-refractivity contribution is 0.317. The maximum Gasteiger partial charge on any atom is 0.128 e. The number of rotatable bonds is 6. The summed E-state index contributed by atoms with van der Waals surface area (Å²) in [5.41, 5.74) is 6.74. The molecule has 0 aromatic heterocycles. The van der Waals surface area contributed by atoms with Crippen LogP contribution in [-0.2, 0) is 0 Å². The van der Waals surface area contributed by atoms with Crippen LogP contribution in [0, 0.1) is 0 Å². The molecule has 4 heteroatoms. The van der Waals surface area contributed by atoms with E-state index < -0.39 is 0 Å². The van der Waals surface area contributed by atoms with Gasteiger partial charge >= 0.3 is 0 Å². The van der Waals surface area contributed by atoms with Gasteiger partial charge in [-0.15, -0.1) is 0 Å². The third-order valence-corrected chi connectivity index (χ3v) is 3.32. The van der Waals surface area contributed by atoms with E-state index in [4.69, 9.17) is 26.8 Å². The van der Waals surface area contributed by atoms with Gasteiger partial charge in [-0.3, -0.25) is 0 Å². The van der Waals surface area contributed by atoms with E-state index in [1.54, 1.807) is 6.07 Å². The Morgan fingerprint density at radius 2 is 1.67 bits per heavy atom. The van der Waals surface area contributed by atoms with E-state index in [1.165, 1.54) is 0 Å².